The Hall–Kier alpha value is -2.84. The molecule has 2 amide bonds. The highest BCUT2D eigenvalue weighted by molar-refractivity contribution is 5.74. The third kappa shape index (κ3) is 5.58. The Morgan fingerprint density at radius 3 is 2.79 bits per heavy atom. The van der Waals surface area contributed by atoms with E-state index >= 15 is 0 Å². The lowest BCUT2D eigenvalue weighted by atomic mass is 10.1. The van der Waals surface area contributed by atoms with E-state index in [0.29, 0.717) is 25.9 Å². The van der Waals surface area contributed by atoms with Crippen molar-refractivity contribution >= 4 is 6.03 Å². The number of piperidine rings is 1. The van der Waals surface area contributed by atoms with E-state index in [9.17, 15) is 18.0 Å². The molecule has 1 aliphatic rings. The number of amides is 2. The van der Waals surface area contributed by atoms with Crippen LogP contribution in [-0.2, 0) is 12.6 Å². The van der Waals surface area contributed by atoms with E-state index in [1.807, 2.05) is 30.3 Å². The zero-order valence-corrected chi connectivity index (χ0v) is 15.2. The summed E-state index contributed by atoms with van der Waals surface area (Å²) in [5.74, 6) is 0. The third-order valence-electron chi connectivity index (χ3n) is 4.39. The molecule has 0 bridgehead atoms. The summed E-state index contributed by atoms with van der Waals surface area (Å²) >= 11 is 0. The highest BCUT2D eigenvalue weighted by Gasteiger charge is 2.33. The number of rotatable bonds is 5. The number of carbonyl (C=O) groups is 1. The van der Waals surface area contributed by atoms with E-state index in [2.05, 4.69) is 15.3 Å². The number of nitrogens with one attached hydrogen (secondary N) is 1. The van der Waals surface area contributed by atoms with Crippen molar-refractivity contribution in [1.82, 2.24) is 20.2 Å². The molecule has 2 aromatic rings. The Balaban J connectivity index is 1.50. The molecule has 1 unspecified atom stereocenters. The summed E-state index contributed by atoms with van der Waals surface area (Å²) in [5.41, 5.74) is 0.0770. The van der Waals surface area contributed by atoms with Gasteiger partial charge in [-0.25, -0.2) is 9.78 Å². The summed E-state index contributed by atoms with van der Waals surface area (Å²) in [6.45, 7) is 1.35. The first-order valence-corrected chi connectivity index (χ1v) is 9.05. The summed E-state index contributed by atoms with van der Waals surface area (Å²) in [6.07, 6.45) is -1.96. The van der Waals surface area contributed by atoms with E-state index in [4.69, 9.17) is 4.74 Å². The SMILES string of the molecule is O=C(NCCc1ccccc1)N1CCCC(Oc2nccc(C(F)(F)F)n2)C1. The Morgan fingerprint density at radius 1 is 1.25 bits per heavy atom. The van der Waals surface area contributed by atoms with E-state index in [1.165, 1.54) is 0 Å². The van der Waals surface area contributed by atoms with Gasteiger partial charge in [0.15, 0.2) is 5.69 Å². The summed E-state index contributed by atoms with van der Waals surface area (Å²) in [6, 6.07) is 10.1. The van der Waals surface area contributed by atoms with Crippen molar-refractivity contribution in [2.24, 2.45) is 0 Å². The summed E-state index contributed by atoms with van der Waals surface area (Å²) < 4.78 is 43.7. The van der Waals surface area contributed by atoms with Crippen LogP contribution in [0.5, 0.6) is 6.01 Å². The van der Waals surface area contributed by atoms with E-state index < -0.39 is 18.0 Å². The molecular weight excluding hydrogens is 373 g/mol. The molecule has 1 aliphatic heterocycles. The summed E-state index contributed by atoms with van der Waals surface area (Å²) in [4.78, 5) is 21.1. The second-order valence-corrected chi connectivity index (χ2v) is 6.52. The van der Waals surface area contributed by atoms with Crippen molar-refractivity contribution in [1.29, 1.82) is 0 Å². The van der Waals surface area contributed by atoms with Crippen LogP contribution in [0, 0.1) is 0 Å². The lowest BCUT2D eigenvalue weighted by molar-refractivity contribution is -0.141. The molecule has 1 fully saturated rings. The fraction of sp³-hybridized carbons (Fsp3) is 0.421. The average molecular weight is 394 g/mol. The van der Waals surface area contributed by atoms with Crippen molar-refractivity contribution in [2.75, 3.05) is 19.6 Å². The van der Waals surface area contributed by atoms with Crippen LogP contribution in [0.1, 0.15) is 24.1 Å². The van der Waals surface area contributed by atoms with Gasteiger partial charge in [-0.15, -0.1) is 0 Å². The number of halogens is 3. The summed E-state index contributed by atoms with van der Waals surface area (Å²) in [5, 5.41) is 2.87. The molecule has 1 atom stereocenters. The molecule has 0 radical (unpaired) electrons. The maximum absolute atomic E-state index is 12.7. The Kier molecular flexibility index (Phi) is 6.33. The lowest BCUT2D eigenvalue weighted by Crippen LogP contribution is -2.49. The number of alkyl halides is 3. The molecule has 9 heteroatoms. The predicted molar refractivity (Wildman–Crippen MR) is 95.8 cm³/mol. The first-order chi connectivity index (χ1) is 13.4. The van der Waals surface area contributed by atoms with Gasteiger partial charge in [-0.3, -0.25) is 0 Å². The quantitative estimate of drug-likeness (QED) is 0.845. The zero-order valence-electron chi connectivity index (χ0n) is 15.2. The fourth-order valence-electron chi connectivity index (χ4n) is 2.99. The van der Waals surface area contributed by atoms with Gasteiger partial charge in [0.1, 0.15) is 6.10 Å². The number of benzene rings is 1. The number of urea groups is 1. The van der Waals surface area contributed by atoms with Crippen molar-refractivity contribution in [3.05, 3.63) is 53.9 Å². The second-order valence-electron chi connectivity index (χ2n) is 6.52. The number of carbonyl (C=O) groups excluding carboxylic acids is 1. The van der Waals surface area contributed by atoms with Crippen LogP contribution < -0.4 is 10.1 Å². The smallest absolute Gasteiger partial charge is 0.433 e. The van der Waals surface area contributed by atoms with Gasteiger partial charge in [0.25, 0.3) is 0 Å². The van der Waals surface area contributed by atoms with Crippen LogP contribution >= 0.6 is 0 Å². The van der Waals surface area contributed by atoms with E-state index in [-0.39, 0.29) is 18.6 Å². The number of ether oxygens (including phenoxy) is 1. The molecule has 0 saturated carbocycles. The molecule has 1 aromatic carbocycles. The molecular formula is C19H21F3N4O2. The number of hydrogen-bond acceptors (Lipinski definition) is 4. The Bertz CT molecular complexity index is 786. The Morgan fingerprint density at radius 2 is 2.04 bits per heavy atom. The van der Waals surface area contributed by atoms with Gasteiger partial charge in [-0.05, 0) is 30.9 Å². The van der Waals surface area contributed by atoms with Crippen LogP contribution in [0.25, 0.3) is 0 Å². The van der Waals surface area contributed by atoms with Gasteiger partial charge in [-0.1, -0.05) is 30.3 Å². The topological polar surface area (TPSA) is 67.4 Å². The van der Waals surface area contributed by atoms with Crippen LogP contribution in [0.15, 0.2) is 42.6 Å². The molecule has 6 nitrogen and oxygen atoms in total. The van der Waals surface area contributed by atoms with Crippen LogP contribution in [0.2, 0.25) is 0 Å². The van der Waals surface area contributed by atoms with Crippen LogP contribution in [-0.4, -0.2) is 46.6 Å². The van der Waals surface area contributed by atoms with Crippen molar-refractivity contribution in [3.63, 3.8) is 0 Å². The molecule has 28 heavy (non-hydrogen) atoms. The lowest BCUT2D eigenvalue weighted by Gasteiger charge is -2.32. The number of likely N-dealkylation sites (tertiary alicyclic amines) is 1. The largest absolute Gasteiger partial charge is 0.458 e. The Labute approximate surface area is 160 Å². The van der Waals surface area contributed by atoms with Gasteiger partial charge in [0, 0.05) is 19.3 Å². The van der Waals surface area contributed by atoms with Crippen LogP contribution in [0.4, 0.5) is 18.0 Å². The minimum atomic E-state index is -4.56. The number of aromatic nitrogens is 2. The normalized spacial score (nSPS) is 17.2. The molecule has 0 spiro atoms. The molecule has 1 N–H and O–H groups in total. The van der Waals surface area contributed by atoms with E-state index in [0.717, 1.165) is 24.2 Å². The molecule has 1 aromatic heterocycles. The number of nitrogens with zero attached hydrogens (tertiary/aromatic N) is 3. The zero-order chi connectivity index (χ0) is 20.0. The second kappa shape index (κ2) is 8.90. The van der Waals surface area contributed by atoms with Gasteiger partial charge in [0.05, 0.1) is 6.54 Å². The number of hydrogen-bond donors (Lipinski definition) is 1. The fourth-order valence-corrected chi connectivity index (χ4v) is 2.99. The minimum Gasteiger partial charge on any atom is -0.458 e. The molecule has 3 rings (SSSR count). The minimum absolute atomic E-state index is 0.214. The van der Waals surface area contributed by atoms with Gasteiger partial charge in [0.2, 0.25) is 0 Å². The standard InChI is InChI=1S/C19H21F3N4O2/c20-19(21,22)16-9-11-23-17(25-16)28-15-7-4-12-26(13-15)18(27)24-10-8-14-5-2-1-3-6-14/h1-3,5-6,9,11,15H,4,7-8,10,12-13H2,(H,24,27). The van der Waals surface area contributed by atoms with Crippen LogP contribution in [0.3, 0.4) is 0 Å². The van der Waals surface area contributed by atoms with Gasteiger partial charge < -0.3 is 15.0 Å². The monoisotopic (exact) mass is 394 g/mol. The van der Waals surface area contributed by atoms with E-state index in [1.54, 1.807) is 4.90 Å². The molecule has 1 saturated heterocycles. The third-order valence-corrected chi connectivity index (χ3v) is 4.39. The molecule has 0 aliphatic carbocycles. The van der Waals surface area contributed by atoms with Crippen molar-refractivity contribution < 1.29 is 22.7 Å². The maximum atomic E-state index is 12.7. The molecule has 2 heterocycles. The van der Waals surface area contributed by atoms with Gasteiger partial charge in [-0.2, -0.15) is 18.2 Å². The summed E-state index contributed by atoms with van der Waals surface area (Å²) in [7, 11) is 0. The highest BCUT2D eigenvalue weighted by atomic mass is 19.4. The average Bonchev–Trinajstić information content (AvgIpc) is 2.68. The first-order valence-electron chi connectivity index (χ1n) is 9.05. The highest BCUT2D eigenvalue weighted by Crippen LogP contribution is 2.28. The van der Waals surface area contributed by atoms with Gasteiger partial charge >= 0.3 is 18.2 Å². The van der Waals surface area contributed by atoms with Crippen molar-refractivity contribution in [2.45, 2.75) is 31.5 Å². The predicted octanol–water partition coefficient (Wildman–Crippen LogP) is 3.29. The first kappa shape index (κ1) is 19.9. The molecule has 150 valence electrons. The van der Waals surface area contributed by atoms with Crippen molar-refractivity contribution in [3.8, 4) is 6.01 Å². The maximum Gasteiger partial charge on any atom is 0.433 e.